The molecule has 4 heteroatoms. The number of likely N-dealkylation sites (tertiary alicyclic amines) is 1. The molecule has 5 aliphatic rings. The van der Waals surface area contributed by atoms with Crippen LogP contribution in [0.3, 0.4) is 0 Å². The molecule has 0 aromatic rings. The van der Waals surface area contributed by atoms with Crippen molar-refractivity contribution in [1.82, 2.24) is 14.7 Å². The minimum absolute atomic E-state index is 0.367. The molecule has 0 aromatic heterocycles. The van der Waals surface area contributed by atoms with Crippen LogP contribution in [-0.2, 0) is 4.79 Å². The first kappa shape index (κ1) is 16.1. The van der Waals surface area contributed by atoms with Crippen LogP contribution in [0.4, 0.5) is 0 Å². The normalized spacial score (nSPS) is 38.6. The summed E-state index contributed by atoms with van der Waals surface area (Å²) < 4.78 is 0. The van der Waals surface area contributed by atoms with Crippen LogP contribution < -0.4 is 0 Å². The molecule has 1 amide bonds. The molecule has 2 heterocycles. The van der Waals surface area contributed by atoms with Gasteiger partial charge in [0, 0.05) is 56.6 Å². The average Bonchev–Trinajstić information content (AvgIpc) is 3.59. The predicted molar refractivity (Wildman–Crippen MR) is 99.2 cm³/mol. The number of carbonyl (C=O) groups is 1. The molecular formula is C21H31N3O. The Labute approximate surface area is 151 Å². The predicted octanol–water partition coefficient (Wildman–Crippen LogP) is 2.14. The fraction of sp³-hybridized carbons (Fsp3) is 0.762. The van der Waals surface area contributed by atoms with Gasteiger partial charge in [-0.05, 0) is 43.7 Å². The van der Waals surface area contributed by atoms with E-state index in [1.807, 2.05) is 0 Å². The number of hydrogen-bond donors (Lipinski definition) is 0. The summed E-state index contributed by atoms with van der Waals surface area (Å²) in [6.07, 6.45) is 12.2. The molecule has 2 aliphatic heterocycles. The van der Waals surface area contributed by atoms with Gasteiger partial charge in [-0.2, -0.15) is 0 Å². The monoisotopic (exact) mass is 341 g/mol. The number of rotatable bonds is 4. The standard InChI is InChI=1S/C21H31N3O/c1-2-22-14-18-13-21(18,15-22)17-5-7-19(8-6-17)23-9-11-24(12-10-23)20(25)16-3-4-16/h5-7,16,18-19H,2-4,8-15H2,1H3. The van der Waals surface area contributed by atoms with E-state index in [9.17, 15) is 4.79 Å². The van der Waals surface area contributed by atoms with E-state index in [1.54, 1.807) is 5.57 Å². The van der Waals surface area contributed by atoms with Gasteiger partial charge in [0.2, 0.25) is 5.91 Å². The van der Waals surface area contributed by atoms with E-state index in [1.165, 1.54) is 26.1 Å². The van der Waals surface area contributed by atoms with E-state index < -0.39 is 0 Å². The molecule has 5 rings (SSSR count). The van der Waals surface area contributed by atoms with Gasteiger partial charge in [-0.3, -0.25) is 9.69 Å². The summed E-state index contributed by atoms with van der Waals surface area (Å²) in [5, 5.41) is 0. The van der Waals surface area contributed by atoms with Gasteiger partial charge in [0.25, 0.3) is 0 Å². The van der Waals surface area contributed by atoms with E-state index >= 15 is 0 Å². The van der Waals surface area contributed by atoms with Crippen LogP contribution in [0, 0.1) is 17.3 Å². The lowest BCUT2D eigenvalue weighted by Gasteiger charge is -2.39. The van der Waals surface area contributed by atoms with Gasteiger partial charge in [0.1, 0.15) is 0 Å². The van der Waals surface area contributed by atoms with Gasteiger partial charge >= 0.3 is 0 Å². The second-order valence-corrected chi connectivity index (χ2v) is 8.84. The summed E-state index contributed by atoms with van der Waals surface area (Å²) in [6, 6.07) is 0.541. The molecule has 0 N–H and O–H groups in total. The van der Waals surface area contributed by atoms with Crippen molar-refractivity contribution in [1.29, 1.82) is 0 Å². The van der Waals surface area contributed by atoms with Crippen molar-refractivity contribution in [3.63, 3.8) is 0 Å². The molecule has 3 atom stereocenters. The molecule has 0 radical (unpaired) electrons. The van der Waals surface area contributed by atoms with Crippen LogP contribution in [0.1, 0.15) is 32.6 Å². The number of nitrogens with zero attached hydrogens (tertiary/aromatic N) is 3. The van der Waals surface area contributed by atoms with Gasteiger partial charge in [-0.1, -0.05) is 25.2 Å². The maximum absolute atomic E-state index is 12.2. The minimum Gasteiger partial charge on any atom is -0.340 e. The Morgan fingerprint density at radius 2 is 2.04 bits per heavy atom. The first-order valence-electron chi connectivity index (χ1n) is 10.3. The molecule has 4 nitrogen and oxygen atoms in total. The SMILES string of the molecule is CCN1CC2CC2(C2=CCC(N3CCN(C(=O)C4CC4)CC3)C=C2)C1. The van der Waals surface area contributed by atoms with Crippen LogP contribution >= 0.6 is 0 Å². The number of fused-ring (bicyclic) bond motifs is 1. The zero-order valence-corrected chi connectivity index (χ0v) is 15.5. The lowest BCUT2D eigenvalue weighted by molar-refractivity contribution is -0.134. The zero-order chi connectivity index (χ0) is 17.0. The van der Waals surface area contributed by atoms with Crippen LogP contribution in [0.25, 0.3) is 0 Å². The highest BCUT2D eigenvalue weighted by molar-refractivity contribution is 5.81. The highest BCUT2D eigenvalue weighted by Gasteiger charge is 2.60. The van der Waals surface area contributed by atoms with Crippen molar-refractivity contribution < 1.29 is 4.79 Å². The number of carbonyl (C=O) groups excluding carboxylic acids is 1. The van der Waals surface area contributed by atoms with Crippen molar-refractivity contribution in [2.45, 2.75) is 38.6 Å². The molecule has 4 fully saturated rings. The first-order chi connectivity index (χ1) is 12.2. The number of piperazine rings is 1. The average molecular weight is 341 g/mol. The minimum atomic E-state index is 0.367. The molecular weight excluding hydrogens is 310 g/mol. The Balaban J connectivity index is 1.16. The van der Waals surface area contributed by atoms with Crippen LogP contribution in [0.15, 0.2) is 23.8 Å². The topological polar surface area (TPSA) is 26.8 Å². The molecule has 0 aromatic carbocycles. The van der Waals surface area contributed by atoms with Crippen LogP contribution in [0.5, 0.6) is 0 Å². The van der Waals surface area contributed by atoms with Crippen molar-refractivity contribution in [2.75, 3.05) is 45.8 Å². The number of hydrogen-bond acceptors (Lipinski definition) is 3. The number of amides is 1. The molecule has 2 saturated carbocycles. The Morgan fingerprint density at radius 3 is 2.64 bits per heavy atom. The van der Waals surface area contributed by atoms with E-state index in [2.05, 4.69) is 39.9 Å². The lowest BCUT2D eigenvalue weighted by atomic mass is 9.88. The van der Waals surface area contributed by atoms with Gasteiger partial charge in [0.15, 0.2) is 0 Å². The van der Waals surface area contributed by atoms with Gasteiger partial charge < -0.3 is 9.80 Å². The smallest absolute Gasteiger partial charge is 0.225 e. The largest absolute Gasteiger partial charge is 0.340 e. The van der Waals surface area contributed by atoms with Crippen molar-refractivity contribution in [2.24, 2.45) is 17.3 Å². The summed E-state index contributed by atoms with van der Waals surface area (Å²) in [5.41, 5.74) is 2.12. The Morgan fingerprint density at radius 1 is 1.24 bits per heavy atom. The maximum atomic E-state index is 12.2. The summed E-state index contributed by atoms with van der Waals surface area (Å²) >= 11 is 0. The van der Waals surface area contributed by atoms with Crippen molar-refractivity contribution in [3.05, 3.63) is 23.8 Å². The van der Waals surface area contributed by atoms with Gasteiger partial charge in [-0.25, -0.2) is 0 Å². The third kappa shape index (κ3) is 2.78. The van der Waals surface area contributed by atoms with Gasteiger partial charge in [-0.15, -0.1) is 0 Å². The molecule has 136 valence electrons. The first-order valence-corrected chi connectivity index (χ1v) is 10.3. The van der Waals surface area contributed by atoms with Crippen molar-refractivity contribution >= 4 is 5.91 Å². The third-order valence-electron chi connectivity index (χ3n) is 7.34. The molecule has 0 spiro atoms. The fourth-order valence-electron chi connectivity index (χ4n) is 5.39. The molecule has 25 heavy (non-hydrogen) atoms. The highest BCUT2D eigenvalue weighted by Crippen LogP contribution is 2.62. The maximum Gasteiger partial charge on any atom is 0.225 e. The second kappa shape index (κ2) is 5.95. The Kier molecular flexibility index (Phi) is 3.83. The lowest BCUT2D eigenvalue weighted by Crippen LogP contribution is -2.52. The highest BCUT2D eigenvalue weighted by atomic mass is 16.2. The summed E-state index contributed by atoms with van der Waals surface area (Å²) in [6.45, 7) is 9.98. The summed E-state index contributed by atoms with van der Waals surface area (Å²) in [4.78, 5) is 19.5. The Bertz CT molecular complexity index is 615. The molecule has 2 saturated heterocycles. The number of piperidine rings is 1. The van der Waals surface area contributed by atoms with Gasteiger partial charge in [0.05, 0.1) is 0 Å². The molecule has 3 aliphatic carbocycles. The summed E-state index contributed by atoms with van der Waals surface area (Å²) in [7, 11) is 0. The molecule has 0 bridgehead atoms. The summed E-state index contributed by atoms with van der Waals surface area (Å²) in [5.74, 6) is 1.70. The Hall–Kier alpha value is -1.13. The fourth-order valence-corrected chi connectivity index (χ4v) is 5.39. The van der Waals surface area contributed by atoms with Crippen molar-refractivity contribution in [3.8, 4) is 0 Å². The third-order valence-corrected chi connectivity index (χ3v) is 7.34. The number of allylic oxidation sites excluding steroid dienone is 1. The van der Waals surface area contributed by atoms with E-state index in [4.69, 9.17) is 0 Å². The van der Waals surface area contributed by atoms with E-state index in [0.717, 1.165) is 51.4 Å². The van der Waals surface area contributed by atoms with Crippen LogP contribution in [-0.4, -0.2) is 72.5 Å². The molecule has 3 unspecified atom stereocenters. The second-order valence-electron chi connectivity index (χ2n) is 8.84. The van der Waals surface area contributed by atoms with E-state index in [-0.39, 0.29) is 0 Å². The van der Waals surface area contributed by atoms with E-state index in [0.29, 0.717) is 23.3 Å². The zero-order valence-electron chi connectivity index (χ0n) is 15.5. The van der Waals surface area contributed by atoms with Crippen LogP contribution in [0.2, 0.25) is 0 Å². The quantitative estimate of drug-likeness (QED) is 0.784.